The highest BCUT2D eigenvalue weighted by Gasteiger charge is 2.21. The zero-order valence-corrected chi connectivity index (χ0v) is 15.7. The molecule has 0 amide bonds. The number of hydrogen-bond donors (Lipinski definition) is 0. The Morgan fingerprint density at radius 2 is 1.79 bits per heavy atom. The molecule has 2 aliphatic heterocycles. The van der Waals surface area contributed by atoms with Gasteiger partial charge in [-0.3, -0.25) is 9.79 Å². The van der Waals surface area contributed by atoms with Gasteiger partial charge in [-0.15, -0.1) is 0 Å². The Kier molecular flexibility index (Phi) is 5.55. The summed E-state index contributed by atoms with van der Waals surface area (Å²) in [6.45, 7) is 2.67. The van der Waals surface area contributed by atoms with E-state index in [-0.39, 0.29) is 18.1 Å². The maximum absolute atomic E-state index is 13.3. The first-order chi connectivity index (χ1) is 13.7. The SMILES string of the molecule is O=C(CN1CCCCCN=C1c1ccc(F)cc1)c1ccc2c(c1)OCCO2. The molecule has 2 aromatic rings. The van der Waals surface area contributed by atoms with Gasteiger partial charge in [0.15, 0.2) is 17.3 Å². The number of ether oxygens (including phenoxy) is 2. The van der Waals surface area contributed by atoms with E-state index < -0.39 is 0 Å². The van der Waals surface area contributed by atoms with Gasteiger partial charge in [0.1, 0.15) is 24.9 Å². The molecular formula is C22H23FN2O3. The lowest BCUT2D eigenvalue weighted by molar-refractivity contribution is 0.0960. The summed E-state index contributed by atoms with van der Waals surface area (Å²) < 4.78 is 24.5. The lowest BCUT2D eigenvalue weighted by Crippen LogP contribution is -2.38. The first kappa shape index (κ1) is 18.5. The number of amidine groups is 1. The molecule has 0 atom stereocenters. The number of ketones is 1. The number of carbonyl (C=O) groups excluding carboxylic acids is 1. The maximum atomic E-state index is 13.3. The Bertz CT molecular complexity index is 880. The predicted octanol–water partition coefficient (Wildman–Crippen LogP) is 3.71. The molecule has 0 aromatic heterocycles. The van der Waals surface area contributed by atoms with Crippen molar-refractivity contribution in [2.75, 3.05) is 32.8 Å². The zero-order chi connectivity index (χ0) is 19.3. The normalized spacial score (nSPS) is 16.8. The number of aliphatic imine (C=N–C) groups is 1. The van der Waals surface area contributed by atoms with E-state index in [1.54, 1.807) is 30.3 Å². The Morgan fingerprint density at radius 3 is 2.61 bits per heavy atom. The van der Waals surface area contributed by atoms with Crippen molar-refractivity contribution in [2.45, 2.75) is 19.3 Å². The number of benzene rings is 2. The summed E-state index contributed by atoms with van der Waals surface area (Å²) in [4.78, 5) is 19.7. The zero-order valence-electron chi connectivity index (χ0n) is 15.7. The average Bonchev–Trinajstić information content (AvgIpc) is 2.71. The minimum absolute atomic E-state index is 0.00708. The summed E-state index contributed by atoms with van der Waals surface area (Å²) in [6, 6.07) is 11.6. The topological polar surface area (TPSA) is 51.1 Å². The van der Waals surface area contributed by atoms with Gasteiger partial charge in [0.2, 0.25) is 0 Å². The van der Waals surface area contributed by atoms with Crippen molar-refractivity contribution in [3.63, 3.8) is 0 Å². The van der Waals surface area contributed by atoms with Gasteiger partial charge in [-0.2, -0.15) is 0 Å². The van der Waals surface area contributed by atoms with E-state index in [1.165, 1.54) is 12.1 Å². The molecule has 2 aliphatic rings. The number of halogens is 1. The molecule has 4 rings (SSSR count). The fourth-order valence-electron chi connectivity index (χ4n) is 3.49. The van der Waals surface area contributed by atoms with Gasteiger partial charge in [-0.05, 0) is 61.7 Å². The Labute approximate surface area is 163 Å². The van der Waals surface area contributed by atoms with Crippen molar-refractivity contribution in [3.05, 3.63) is 59.4 Å². The van der Waals surface area contributed by atoms with Gasteiger partial charge in [0, 0.05) is 24.2 Å². The van der Waals surface area contributed by atoms with Crippen LogP contribution in [0.4, 0.5) is 4.39 Å². The molecule has 146 valence electrons. The maximum Gasteiger partial charge on any atom is 0.182 e. The summed E-state index contributed by atoms with van der Waals surface area (Å²) in [5.74, 6) is 1.74. The van der Waals surface area contributed by atoms with Gasteiger partial charge in [-0.25, -0.2) is 4.39 Å². The van der Waals surface area contributed by atoms with Crippen LogP contribution in [0.5, 0.6) is 11.5 Å². The van der Waals surface area contributed by atoms with Crippen LogP contribution in [0.15, 0.2) is 47.5 Å². The van der Waals surface area contributed by atoms with Crippen LogP contribution in [0.3, 0.4) is 0 Å². The number of fused-ring (bicyclic) bond motifs is 1. The molecule has 0 spiro atoms. The minimum atomic E-state index is -0.283. The Balaban J connectivity index is 1.57. The smallest absolute Gasteiger partial charge is 0.182 e. The molecule has 0 saturated carbocycles. The Hall–Kier alpha value is -2.89. The molecule has 28 heavy (non-hydrogen) atoms. The minimum Gasteiger partial charge on any atom is -0.486 e. The molecule has 0 N–H and O–H groups in total. The summed E-state index contributed by atoms with van der Waals surface area (Å²) in [6.07, 6.45) is 3.10. The van der Waals surface area contributed by atoms with Gasteiger partial charge >= 0.3 is 0 Å². The standard InChI is InChI=1S/C22H23FN2O3/c23-18-7-4-16(5-8-18)22-24-10-2-1-3-11-25(22)15-19(26)17-6-9-20-21(14-17)28-13-12-27-20/h4-9,14H,1-3,10-13,15H2. The molecule has 0 bridgehead atoms. The van der Waals surface area contributed by atoms with E-state index >= 15 is 0 Å². The molecule has 2 heterocycles. The van der Waals surface area contributed by atoms with Crippen LogP contribution in [-0.2, 0) is 0 Å². The van der Waals surface area contributed by atoms with Crippen molar-refractivity contribution >= 4 is 11.6 Å². The molecule has 0 aliphatic carbocycles. The van der Waals surface area contributed by atoms with Crippen molar-refractivity contribution in [1.29, 1.82) is 0 Å². The van der Waals surface area contributed by atoms with Crippen LogP contribution >= 0.6 is 0 Å². The first-order valence-corrected chi connectivity index (χ1v) is 9.69. The molecule has 0 fully saturated rings. The van der Waals surface area contributed by atoms with Crippen LogP contribution in [0, 0.1) is 5.82 Å². The van der Waals surface area contributed by atoms with E-state index in [1.807, 2.05) is 4.90 Å². The lowest BCUT2D eigenvalue weighted by atomic mass is 10.1. The fourth-order valence-corrected chi connectivity index (χ4v) is 3.49. The summed E-state index contributed by atoms with van der Waals surface area (Å²) >= 11 is 0. The van der Waals surface area contributed by atoms with Crippen LogP contribution < -0.4 is 9.47 Å². The third kappa shape index (κ3) is 4.16. The second kappa shape index (κ2) is 8.42. The van der Waals surface area contributed by atoms with Gasteiger partial charge in [-0.1, -0.05) is 0 Å². The van der Waals surface area contributed by atoms with Crippen LogP contribution in [0.2, 0.25) is 0 Å². The number of nitrogens with zero attached hydrogens (tertiary/aromatic N) is 2. The van der Waals surface area contributed by atoms with Gasteiger partial charge in [0.25, 0.3) is 0 Å². The predicted molar refractivity (Wildman–Crippen MR) is 105 cm³/mol. The van der Waals surface area contributed by atoms with E-state index in [2.05, 4.69) is 0 Å². The fraction of sp³-hybridized carbons (Fsp3) is 0.364. The number of carbonyl (C=O) groups is 1. The van der Waals surface area contributed by atoms with Crippen molar-refractivity contribution in [1.82, 2.24) is 4.90 Å². The number of Topliss-reactive ketones (excluding diaryl/α,β-unsaturated/α-hetero) is 1. The highest BCUT2D eigenvalue weighted by Crippen LogP contribution is 2.31. The largest absolute Gasteiger partial charge is 0.486 e. The quantitative estimate of drug-likeness (QED) is 0.757. The van der Waals surface area contributed by atoms with E-state index in [9.17, 15) is 9.18 Å². The molecule has 0 radical (unpaired) electrons. The summed E-state index contributed by atoms with van der Waals surface area (Å²) in [5, 5.41) is 0. The monoisotopic (exact) mass is 382 g/mol. The van der Waals surface area contributed by atoms with Crippen LogP contribution in [-0.4, -0.2) is 49.4 Å². The van der Waals surface area contributed by atoms with Crippen LogP contribution in [0.1, 0.15) is 35.2 Å². The summed E-state index contributed by atoms with van der Waals surface area (Å²) in [7, 11) is 0. The van der Waals surface area contributed by atoms with E-state index in [4.69, 9.17) is 14.5 Å². The second-order valence-electron chi connectivity index (χ2n) is 6.98. The third-order valence-electron chi connectivity index (χ3n) is 4.95. The van der Waals surface area contributed by atoms with Crippen molar-refractivity contribution in [2.24, 2.45) is 4.99 Å². The third-order valence-corrected chi connectivity index (χ3v) is 4.95. The van der Waals surface area contributed by atoms with Crippen molar-refractivity contribution < 1.29 is 18.7 Å². The van der Waals surface area contributed by atoms with E-state index in [0.29, 0.717) is 36.8 Å². The van der Waals surface area contributed by atoms with Gasteiger partial charge < -0.3 is 14.4 Å². The summed E-state index contributed by atoms with van der Waals surface area (Å²) in [5.41, 5.74) is 1.42. The molecule has 0 unspecified atom stereocenters. The molecule has 6 heteroatoms. The molecular weight excluding hydrogens is 359 g/mol. The van der Waals surface area contributed by atoms with Crippen LogP contribution in [0.25, 0.3) is 0 Å². The second-order valence-corrected chi connectivity index (χ2v) is 6.98. The lowest BCUT2D eigenvalue weighted by Gasteiger charge is -2.28. The highest BCUT2D eigenvalue weighted by atomic mass is 19.1. The van der Waals surface area contributed by atoms with E-state index in [0.717, 1.165) is 37.2 Å². The Morgan fingerprint density at radius 1 is 1.00 bits per heavy atom. The molecule has 0 saturated heterocycles. The number of hydrogen-bond acceptors (Lipinski definition) is 5. The van der Waals surface area contributed by atoms with Crippen molar-refractivity contribution in [3.8, 4) is 11.5 Å². The average molecular weight is 382 g/mol. The highest BCUT2D eigenvalue weighted by molar-refractivity contribution is 6.04. The number of rotatable bonds is 4. The van der Waals surface area contributed by atoms with Gasteiger partial charge in [0.05, 0.1) is 6.54 Å². The molecule has 2 aromatic carbocycles. The first-order valence-electron chi connectivity index (χ1n) is 9.69. The molecule has 5 nitrogen and oxygen atoms in total.